The fourth-order valence-electron chi connectivity index (χ4n) is 2.81. The Bertz CT molecular complexity index is 631. The molecule has 0 radical (unpaired) electrons. The third kappa shape index (κ3) is 2.27. The SMILES string of the molecule is CC(=O)Nc1ccc(C2CCCc3c2noc3N)cc1. The van der Waals surface area contributed by atoms with E-state index in [9.17, 15) is 4.79 Å². The van der Waals surface area contributed by atoms with Crippen LogP contribution in [0.15, 0.2) is 28.8 Å². The van der Waals surface area contributed by atoms with Gasteiger partial charge in [0.05, 0.1) is 5.69 Å². The Kier molecular flexibility index (Phi) is 3.18. The maximum atomic E-state index is 11.0. The van der Waals surface area contributed by atoms with E-state index in [0.717, 1.165) is 36.2 Å². The normalized spacial score (nSPS) is 17.6. The lowest BCUT2D eigenvalue weighted by atomic mass is 9.83. The molecule has 1 unspecified atom stereocenters. The number of nitrogens with zero attached hydrogens (tertiary/aromatic N) is 1. The molecule has 0 saturated heterocycles. The first-order chi connectivity index (χ1) is 9.65. The molecule has 0 spiro atoms. The van der Waals surface area contributed by atoms with E-state index >= 15 is 0 Å². The average Bonchev–Trinajstić information content (AvgIpc) is 2.81. The minimum Gasteiger partial charge on any atom is -0.367 e. The van der Waals surface area contributed by atoms with Crippen LogP contribution in [0.3, 0.4) is 0 Å². The van der Waals surface area contributed by atoms with Crippen molar-refractivity contribution in [2.75, 3.05) is 11.1 Å². The van der Waals surface area contributed by atoms with Crippen LogP contribution in [0.4, 0.5) is 11.6 Å². The number of aromatic nitrogens is 1. The van der Waals surface area contributed by atoms with Gasteiger partial charge in [-0.2, -0.15) is 0 Å². The number of nitrogen functional groups attached to an aromatic ring is 1. The zero-order valence-corrected chi connectivity index (χ0v) is 11.3. The highest BCUT2D eigenvalue weighted by atomic mass is 16.5. The van der Waals surface area contributed by atoms with Crippen molar-refractivity contribution >= 4 is 17.5 Å². The van der Waals surface area contributed by atoms with Gasteiger partial charge in [0.15, 0.2) is 0 Å². The molecule has 5 nitrogen and oxygen atoms in total. The molecule has 3 N–H and O–H groups in total. The monoisotopic (exact) mass is 271 g/mol. The highest BCUT2D eigenvalue weighted by Crippen LogP contribution is 2.38. The third-order valence-corrected chi connectivity index (χ3v) is 3.73. The summed E-state index contributed by atoms with van der Waals surface area (Å²) in [5, 5.41) is 6.88. The smallest absolute Gasteiger partial charge is 0.225 e. The van der Waals surface area contributed by atoms with Crippen molar-refractivity contribution in [3.8, 4) is 0 Å². The third-order valence-electron chi connectivity index (χ3n) is 3.73. The molecule has 3 rings (SSSR count). The Labute approximate surface area is 117 Å². The van der Waals surface area contributed by atoms with E-state index in [0.29, 0.717) is 5.88 Å². The molecule has 0 fully saturated rings. The van der Waals surface area contributed by atoms with Gasteiger partial charge in [-0.25, -0.2) is 0 Å². The number of carbonyl (C=O) groups is 1. The van der Waals surface area contributed by atoms with E-state index in [4.69, 9.17) is 10.3 Å². The van der Waals surface area contributed by atoms with Crippen molar-refractivity contribution in [3.05, 3.63) is 41.1 Å². The summed E-state index contributed by atoms with van der Waals surface area (Å²) in [5.74, 6) is 0.604. The number of rotatable bonds is 2. The topological polar surface area (TPSA) is 81.2 Å². The van der Waals surface area contributed by atoms with E-state index in [2.05, 4.69) is 10.5 Å². The summed E-state index contributed by atoms with van der Waals surface area (Å²) >= 11 is 0. The van der Waals surface area contributed by atoms with Gasteiger partial charge in [-0.1, -0.05) is 17.3 Å². The average molecular weight is 271 g/mol. The predicted octanol–water partition coefficient (Wildman–Crippen LogP) is 2.68. The van der Waals surface area contributed by atoms with Crippen LogP contribution in [0, 0.1) is 0 Å². The first-order valence-electron chi connectivity index (χ1n) is 6.76. The van der Waals surface area contributed by atoms with Gasteiger partial charge in [0.2, 0.25) is 11.8 Å². The molecule has 2 aromatic rings. The molecule has 5 heteroatoms. The standard InChI is InChI=1S/C15H17N3O2/c1-9(19)17-11-7-5-10(6-8-11)12-3-2-4-13-14(12)18-20-15(13)16/h5-8,12H,2-4,16H2,1H3,(H,17,19). The summed E-state index contributed by atoms with van der Waals surface area (Å²) in [6, 6.07) is 7.87. The van der Waals surface area contributed by atoms with Crippen LogP contribution in [0.2, 0.25) is 0 Å². The highest BCUT2D eigenvalue weighted by molar-refractivity contribution is 5.88. The van der Waals surface area contributed by atoms with Crippen LogP contribution in [0.1, 0.15) is 42.5 Å². The number of hydrogen-bond donors (Lipinski definition) is 2. The lowest BCUT2D eigenvalue weighted by Gasteiger charge is -2.21. The number of carbonyl (C=O) groups excluding carboxylic acids is 1. The predicted molar refractivity (Wildman–Crippen MR) is 76.4 cm³/mol. The molecule has 1 aliphatic carbocycles. The Morgan fingerprint density at radius 3 is 2.85 bits per heavy atom. The van der Waals surface area contributed by atoms with Crippen LogP contribution in [-0.4, -0.2) is 11.1 Å². The molecule has 1 aromatic heterocycles. The Balaban J connectivity index is 1.88. The van der Waals surface area contributed by atoms with Crippen molar-refractivity contribution in [2.45, 2.75) is 32.1 Å². The van der Waals surface area contributed by atoms with Crippen molar-refractivity contribution in [1.29, 1.82) is 0 Å². The van der Waals surface area contributed by atoms with Crippen molar-refractivity contribution in [2.24, 2.45) is 0 Å². The van der Waals surface area contributed by atoms with Crippen molar-refractivity contribution < 1.29 is 9.32 Å². The van der Waals surface area contributed by atoms with Crippen LogP contribution in [0.5, 0.6) is 0 Å². The van der Waals surface area contributed by atoms with E-state index in [1.807, 2.05) is 24.3 Å². The second-order valence-electron chi connectivity index (χ2n) is 5.16. The van der Waals surface area contributed by atoms with E-state index in [1.54, 1.807) is 0 Å². The Morgan fingerprint density at radius 1 is 1.40 bits per heavy atom. The Hall–Kier alpha value is -2.30. The number of nitrogens with two attached hydrogens (primary N) is 1. The molecule has 104 valence electrons. The molecule has 0 saturated carbocycles. The van der Waals surface area contributed by atoms with Crippen molar-refractivity contribution in [1.82, 2.24) is 5.16 Å². The molecular weight excluding hydrogens is 254 g/mol. The summed E-state index contributed by atoms with van der Waals surface area (Å²) in [5.41, 5.74) is 9.79. The quantitative estimate of drug-likeness (QED) is 0.879. The van der Waals surface area contributed by atoms with Crippen LogP contribution in [-0.2, 0) is 11.2 Å². The minimum absolute atomic E-state index is 0.0676. The molecule has 0 aliphatic heterocycles. The molecule has 1 aliphatic rings. The van der Waals surface area contributed by atoms with Gasteiger partial charge in [-0.05, 0) is 37.0 Å². The Morgan fingerprint density at radius 2 is 2.15 bits per heavy atom. The van der Waals surface area contributed by atoms with E-state index < -0.39 is 0 Å². The summed E-state index contributed by atoms with van der Waals surface area (Å²) < 4.78 is 5.12. The van der Waals surface area contributed by atoms with Gasteiger partial charge >= 0.3 is 0 Å². The first-order valence-corrected chi connectivity index (χ1v) is 6.76. The summed E-state index contributed by atoms with van der Waals surface area (Å²) in [6.45, 7) is 1.50. The molecule has 1 aromatic carbocycles. The number of benzene rings is 1. The van der Waals surface area contributed by atoms with Gasteiger partial charge in [0, 0.05) is 24.1 Å². The van der Waals surface area contributed by atoms with Crippen LogP contribution < -0.4 is 11.1 Å². The van der Waals surface area contributed by atoms with Crippen molar-refractivity contribution in [3.63, 3.8) is 0 Å². The minimum atomic E-state index is -0.0676. The summed E-state index contributed by atoms with van der Waals surface area (Å²) in [4.78, 5) is 11.0. The number of nitrogens with one attached hydrogen (secondary N) is 1. The largest absolute Gasteiger partial charge is 0.367 e. The molecule has 1 heterocycles. The van der Waals surface area contributed by atoms with Crippen LogP contribution in [0.25, 0.3) is 0 Å². The maximum absolute atomic E-state index is 11.0. The number of anilines is 2. The molecule has 1 amide bonds. The first kappa shape index (κ1) is 12.7. The fourth-order valence-corrected chi connectivity index (χ4v) is 2.81. The maximum Gasteiger partial charge on any atom is 0.225 e. The summed E-state index contributed by atoms with van der Waals surface area (Å²) in [6.07, 6.45) is 3.06. The molecular formula is C15H17N3O2. The van der Waals surface area contributed by atoms with E-state index in [-0.39, 0.29) is 11.8 Å². The van der Waals surface area contributed by atoms with Gasteiger partial charge in [-0.3, -0.25) is 4.79 Å². The summed E-state index contributed by atoms with van der Waals surface area (Å²) in [7, 11) is 0. The molecule has 20 heavy (non-hydrogen) atoms. The zero-order chi connectivity index (χ0) is 14.1. The molecule has 0 bridgehead atoms. The van der Waals surface area contributed by atoms with Gasteiger partial charge in [0.25, 0.3) is 0 Å². The van der Waals surface area contributed by atoms with Gasteiger partial charge < -0.3 is 15.6 Å². The molecule has 1 atom stereocenters. The highest BCUT2D eigenvalue weighted by Gasteiger charge is 2.27. The second kappa shape index (κ2) is 5.00. The number of fused-ring (bicyclic) bond motifs is 1. The van der Waals surface area contributed by atoms with Crippen LogP contribution >= 0.6 is 0 Å². The second-order valence-corrected chi connectivity index (χ2v) is 5.16. The number of amides is 1. The van der Waals surface area contributed by atoms with Gasteiger partial charge in [-0.15, -0.1) is 0 Å². The van der Waals surface area contributed by atoms with Gasteiger partial charge in [0.1, 0.15) is 0 Å². The fraction of sp³-hybridized carbons (Fsp3) is 0.333. The zero-order valence-electron chi connectivity index (χ0n) is 11.3. The lowest BCUT2D eigenvalue weighted by molar-refractivity contribution is -0.114. The van der Waals surface area contributed by atoms with E-state index in [1.165, 1.54) is 12.5 Å². The lowest BCUT2D eigenvalue weighted by Crippen LogP contribution is -2.11. The number of hydrogen-bond acceptors (Lipinski definition) is 4.